The maximum absolute atomic E-state index is 11.2. The molecule has 5 heteroatoms. The minimum absolute atomic E-state index is 0.199. The number of aliphatic imine (C=N–C) groups is 1. The summed E-state index contributed by atoms with van der Waals surface area (Å²) in [5, 5.41) is 0. The number of amides is 2. The molecule has 4 nitrogen and oxygen atoms in total. The van der Waals surface area contributed by atoms with E-state index < -0.39 is 0 Å². The molecular formula is C7H11N3OS. The molecule has 2 aliphatic rings. The summed E-state index contributed by atoms with van der Waals surface area (Å²) in [5.74, 6) is 2.46. The summed E-state index contributed by atoms with van der Waals surface area (Å²) in [7, 11) is 1.78. The van der Waals surface area contributed by atoms with Gasteiger partial charge in [-0.05, 0) is 12.2 Å². The number of thioether (sulfide) groups is 1. The molecule has 0 aromatic heterocycles. The summed E-state index contributed by atoms with van der Waals surface area (Å²) in [6.07, 6.45) is 0.940. The Kier molecular flexibility index (Phi) is 1.57. The predicted molar refractivity (Wildman–Crippen MR) is 49.5 cm³/mol. The lowest BCUT2D eigenvalue weighted by Crippen LogP contribution is -2.52. The van der Waals surface area contributed by atoms with Crippen LogP contribution in [0.5, 0.6) is 0 Å². The topological polar surface area (TPSA) is 58.7 Å². The van der Waals surface area contributed by atoms with Gasteiger partial charge in [0, 0.05) is 12.8 Å². The number of amidine groups is 1. The lowest BCUT2D eigenvalue weighted by atomic mass is 9.97. The highest BCUT2D eigenvalue weighted by atomic mass is 32.2. The average molecular weight is 185 g/mol. The zero-order valence-corrected chi connectivity index (χ0v) is 7.73. The van der Waals surface area contributed by atoms with E-state index in [-0.39, 0.29) is 11.6 Å². The first-order chi connectivity index (χ1) is 5.67. The molecule has 2 aliphatic heterocycles. The molecule has 2 rings (SSSR count). The third kappa shape index (κ3) is 0.798. The van der Waals surface area contributed by atoms with E-state index in [4.69, 9.17) is 5.73 Å². The maximum atomic E-state index is 11.2. The summed E-state index contributed by atoms with van der Waals surface area (Å²) in [6, 6.07) is -0.199. The van der Waals surface area contributed by atoms with Crippen LogP contribution in [-0.2, 0) is 0 Å². The number of carbonyl (C=O) groups excluding carboxylic acids is 1. The highest BCUT2D eigenvalue weighted by Crippen LogP contribution is 2.36. The Hall–Kier alpha value is -0.710. The Morgan fingerprint density at radius 3 is 2.92 bits per heavy atom. The molecule has 0 aromatic rings. The first-order valence-electron chi connectivity index (χ1n) is 3.87. The van der Waals surface area contributed by atoms with Gasteiger partial charge in [-0.1, -0.05) is 0 Å². The van der Waals surface area contributed by atoms with Crippen LogP contribution in [0.15, 0.2) is 4.99 Å². The zero-order chi connectivity index (χ0) is 8.77. The quantitative estimate of drug-likeness (QED) is 0.590. The normalized spacial score (nSPS) is 34.9. The molecule has 2 amide bonds. The Balaban J connectivity index is 2.36. The molecule has 2 N–H and O–H groups in total. The van der Waals surface area contributed by atoms with Crippen LogP contribution in [0.3, 0.4) is 0 Å². The van der Waals surface area contributed by atoms with Crippen molar-refractivity contribution in [3.63, 3.8) is 0 Å². The summed E-state index contributed by atoms with van der Waals surface area (Å²) in [4.78, 5) is 16.6. The van der Waals surface area contributed by atoms with Crippen LogP contribution in [0, 0.1) is 0 Å². The van der Waals surface area contributed by atoms with E-state index >= 15 is 0 Å². The number of carbonyl (C=O) groups is 1. The molecule has 66 valence electrons. The summed E-state index contributed by atoms with van der Waals surface area (Å²) in [5.41, 5.74) is 5.48. The van der Waals surface area contributed by atoms with Gasteiger partial charge >= 0.3 is 6.03 Å². The molecule has 0 aliphatic carbocycles. The highest BCUT2D eigenvalue weighted by Gasteiger charge is 2.48. The molecule has 1 fully saturated rings. The molecule has 1 atom stereocenters. The third-order valence-electron chi connectivity index (χ3n) is 2.62. The largest absolute Gasteiger partial charge is 0.385 e. The molecule has 0 radical (unpaired) electrons. The first-order valence-corrected chi connectivity index (χ1v) is 5.02. The summed E-state index contributed by atoms with van der Waals surface area (Å²) in [6.45, 7) is 0. The van der Waals surface area contributed by atoms with Crippen LogP contribution in [0.1, 0.15) is 6.42 Å². The molecule has 1 spiro atoms. The number of nitrogens with zero attached hydrogens (tertiary/aromatic N) is 2. The molecule has 1 saturated heterocycles. The monoisotopic (exact) mass is 185 g/mol. The van der Waals surface area contributed by atoms with Gasteiger partial charge in [0.2, 0.25) is 0 Å². The number of rotatable bonds is 0. The van der Waals surface area contributed by atoms with Crippen molar-refractivity contribution in [1.82, 2.24) is 4.90 Å². The van der Waals surface area contributed by atoms with Gasteiger partial charge in [0.15, 0.2) is 0 Å². The van der Waals surface area contributed by atoms with E-state index in [9.17, 15) is 4.79 Å². The van der Waals surface area contributed by atoms with Gasteiger partial charge in [-0.3, -0.25) is 0 Å². The minimum Gasteiger partial charge on any atom is -0.385 e. The van der Waals surface area contributed by atoms with E-state index in [1.54, 1.807) is 11.9 Å². The fourth-order valence-corrected chi connectivity index (χ4v) is 3.11. The van der Waals surface area contributed by atoms with Crippen molar-refractivity contribution in [2.45, 2.75) is 12.0 Å². The van der Waals surface area contributed by atoms with Crippen LogP contribution in [0.25, 0.3) is 0 Å². The van der Waals surface area contributed by atoms with Crippen molar-refractivity contribution in [3.05, 3.63) is 0 Å². The number of hydrogen-bond donors (Lipinski definition) is 1. The van der Waals surface area contributed by atoms with Gasteiger partial charge in [-0.15, -0.1) is 0 Å². The molecule has 2 heterocycles. The molecule has 1 unspecified atom stereocenters. The van der Waals surface area contributed by atoms with Crippen molar-refractivity contribution < 1.29 is 4.79 Å². The van der Waals surface area contributed by atoms with Crippen LogP contribution in [-0.4, -0.2) is 40.9 Å². The van der Waals surface area contributed by atoms with E-state index in [1.807, 2.05) is 11.8 Å². The van der Waals surface area contributed by atoms with E-state index in [2.05, 4.69) is 4.99 Å². The van der Waals surface area contributed by atoms with Crippen molar-refractivity contribution in [3.8, 4) is 0 Å². The molecule has 12 heavy (non-hydrogen) atoms. The number of nitrogens with two attached hydrogens (primary N) is 1. The van der Waals surface area contributed by atoms with Crippen molar-refractivity contribution in [2.24, 2.45) is 10.7 Å². The van der Waals surface area contributed by atoms with Crippen LogP contribution in [0.2, 0.25) is 0 Å². The third-order valence-corrected chi connectivity index (χ3v) is 3.80. The van der Waals surface area contributed by atoms with Gasteiger partial charge in [0.05, 0.1) is 0 Å². The van der Waals surface area contributed by atoms with Gasteiger partial charge in [-0.2, -0.15) is 16.8 Å². The highest BCUT2D eigenvalue weighted by molar-refractivity contribution is 7.99. The van der Waals surface area contributed by atoms with Crippen LogP contribution < -0.4 is 5.73 Å². The Morgan fingerprint density at radius 1 is 1.75 bits per heavy atom. The lowest BCUT2D eigenvalue weighted by Gasteiger charge is -2.30. The second-order valence-electron chi connectivity index (χ2n) is 3.17. The van der Waals surface area contributed by atoms with Crippen LogP contribution in [0.4, 0.5) is 4.79 Å². The number of hydrogen-bond acceptors (Lipinski definition) is 3. The first kappa shape index (κ1) is 7.91. The average Bonchev–Trinajstić information content (AvgIpc) is 2.57. The second kappa shape index (κ2) is 2.39. The smallest absolute Gasteiger partial charge is 0.345 e. The van der Waals surface area contributed by atoms with Crippen LogP contribution >= 0.6 is 11.8 Å². The summed E-state index contributed by atoms with van der Waals surface area (Å²) < 4.78 is 0. The van der Waals surface area contributed by atoms with E-state index in [1.165, 1.54) is 0 Å². The van der Waals surface area contributed by atoms with Crippen molar-refractivity contribution in [2.75, 3.05) is 18.6 Å². The Bertz CT molecular complexity index is 257. The van der Waals surface area contributed by atoms with Crippen molar-refractivity contribution >= 4 is 23.6 Å². The maximum Gasteiger partial charge on any atom is 0.345 e. The van der Waals surface area contributed by atoms with Gasteiger partial charge in [0.1, 0.15) is 11.4 Å². The Morgan fingerprint density at radius 2 is 2.50 bits per heavy atom. The fourth-order valence-electron chi connectivity index (χ4n) is 1.66. The molecule has 0 bridgehead atoms. The van der Waals surface area contributed by atoms with Gasteiger partial charge in [0.25, 0.3) is 0 Å². The molecule has 0 aromatic carbocycles. The SMILES string of the molecule is CN1C(=O)N=C(N)C12CCSC2. The fraction of sp³-hybridized carbons (Fsp3) is 0.714. The van der Waals surface area contributed by atoms with Gasteiger partial charge in [-0.25, -0.2) is 4.79 Å². The van der Waals surface area contributed by atoms with Crippen molar-refractivity contribution in [1.29, 1.82) is 0 Å². The number of urea groups is 1. The van der Waals surface area contributed by atoms with E-state index in [0.717, 1.165) is 17.9 Å². The molecule has 0 saturated carbocycles. The summed E-state index contributed by atoms with van der Waals surface area (Å²) >= 11 is 1.82. The molecular weight excluding hydrogens is 174 g/mol. The van der Waals surface area contributed by atoms with E-state index in [0.29, 0.717) is 5.84 Å². The number of likely N-dealkylation sites (N-methyl/N-ethyl adjacent to an activating group) is 1. The zero-order valence-electron chi connectivity index (χ0n) is 6.91. The standard InChI is InChI=1S/C7H11N3OS/c1-10-6(11)9-5(8)7(10)2-3-12-4-7/h2-4H2,1H3,(H2,8,9,11). The Labute approximate surface area is 75.2 Å². The lowest BCUT2D eigenvalue weighted by molar-refractivity contribution is 0.199. The second-order valence-corrected chi connectivity index (χ2v) is 4.28. The predicted octanol–water partition coefficient (Wildman–Crippen LogP) is 0.285. The minimum atomic E-state index is -0.248. The van der Waals surface area contributed by atoms with Gasteiger partial charge < -0.3 is 10.6 Å².